The van der Waals surface area contributed by atoms with E-state index in [2.05, 4.69) is 29.0 Å². The summed E-state index contributed by atoms with van der Waals surface area (Å²) in [5.74, 6) is 1.87. The fourth-order valence-corrected chi connectivity index (χ4v) is 6.11. The van der Waals surface area contributed by atoms with Gasteiger partial charge in [-0.1, -0.05) is 19.1 Å². The van der Waals surface area contributed by atoms with Crippen molar-refractivity contribution in [3.8, 4) is 0 Å². The minimum atomic E-state index is -0.0748. The van der Waals surface area contributed by atoms with Crippen molar-refractivity contribution in [2.45, 2.75) is 89.8 Å². The summed E-state index contributed by atoms with van der Waals surface area (Å²) in [7, 11) is 0. The monoisotopic (exact) mass is 424 g/mol. The zero-order valence-electron chi connectivity index (χ0n) is 18.8. The molecule has 5 rings (SSSR count). The summed E-state index contributed by atoms with van der Waals surface area (Å²) in [6.45, 7) is 4.83. The number of rotatable bonds is 3. The lowest BCUT2D eigenvalue weighted by Gasteiger charge is -2.38. The Bertz CT molecular complexity index is 899. The summed E-state index contributed by atoms with van der Waals surface area (Å²) >= 11 is 0. The van der Waals surface area contributed by atoms with E-state index in [-0.39, 0.29) is 23.4 Å². The van der Waals surface area contributed by atoms with Crippen molar-refractivity contribution < 1.29 is 4.79 Å². The number of nitrogens with one attached hydrogen (secondary N) is 1. The van der Waals surface area contributed by atoms with E-state index < -0.39 is 0 Å². The molecular formula is C25H36N4O2. The highest BCUT2D eigenvalue weighted by Crippen LogP contribution is 2.34. The molecule has 1 saturated carbocycles. The predicted octanol–water partition coefficient (Wildman–Crippen LogP) is 3.73. The first-order chi connectivity index (χ1) is 15.1. The molecule has 3 heterocycles. The molecule has 168 valence electrons. The first kappa shape index (κ1) is 20.9. The number of aromatic nitrogens is 2. The Kier molecular flexibility index (Phi) is 6.00. The van der Waals surface area contributed by atoms with Crippen LogP contribution in [-0.2, 0) is 17.8 Å². The van der Waals surface area contributed by atoms with Crippen molar-refractivity contribution in [3.05, 3.63) is 39.6 Å². The van der Waals surface area contributed by atoms with Gasteiger partial charge in [-0.05, 0) is 63.7 Å². The zero-order chi connectivity index (χ0) is 21.4. The second kappa shape index (κ2) is 8.89. The summed E-state index contributed by atoms with van der Waals surface area (Å²) in [5.41, 5.74) is 1.81. The molecule has 1 aromatic heterocycles. The van der Waals surface area contributed by atoms with Gasteiger partial charge in [0.25, 0.3) is 5.56 Å². The number of carbonyl (C=O) groups is 1. The Hall–Kier alpha value is -1.95. The summed E-state index contributed by atoms with van der Waals surface area (Å²) in [6.07, 6.45) is 14.9. The van der Waals surface area contributed by atoms with Crippen molar-refractivity contribution >= 4 is 5.91 Å². The Morgan fingerprint density at radius 2 is 1.94 bits per heavy atom. The molecule has 6 heteroatoms. The fourth-order valence-electron chi connectivity index (χ4n) is 6.11. The van der Waals surface area contributed by atoms with Crippen LogP contribution in [-0.4, -0.2) is 44.8 Å². The molecule has 4 aliphatic rings. The fraction of sp³-hybridized carbons (Fsp3) is 0.720. The molecule has 0 unspecified atom stereocenters. The van der Waals surface area contributed by atoms with Crippen LogP contribution in [0.2, 0.25) is 0 Å². The van der Waals surface area contributed by atoms with Gasteiger partial charge < -0.3 is 9.88 Å². The van der Waals surface area contributed by atoms with Gasteiger partial charge in [0.15, 0.2) is 0 Å². The number of hydrogen-bond acceptors (Lipinski definition) is 4. The van der Waals surface area contributed by atoms with E-state index in [9.17, 15) is 9.59 Å². The number of aromatic amines is 1. The van der Waals surface area contributed by atoms with E-state index in [0.29, 0.717) is 11.9 Å². The van der Waals surface area contributed by atoms with Gasteiger partial charge in [-0.3, -0.25) is 14.5 Å². The van der Waals surface area contributed by atoms with E-state index >= 15 is 0 Å². The summed E-state index contributed by atoms with van der Waals surface area (Å²) in [6, 6.07) is 0.533. The van der Waals surface area contributed by atoms with Gasteiger partial charge in [-0.25, -0.2) is 4.98 Å². The third-order valence-electron chi connectivity index (χ3n) is 8.09. The lowest BCUT2D eigenvalue weighted by atomic mass is 9.86. The van der Waals surface area contributed by atoms with Crippen molar-refractivity contribution in [2.24, 2.45) is 11.8 Å². The van der Waals surface area contributed by atoms with Crippen LogP contribution in [0.4, 0.5) is 0 Å². The molecule has 1 N–H and O–H groups in total. The Morgan fingerprint density at radius 1 is 1.10 bits per heavy atom. The Morgan fingerprint density at radius 3 is 2.71 bits per heavy atom. The van der Waals surface area contributed by atoms with E-state index in [0.717, 1.165) is 75.3 Å². The maximum Gasteiger partial charge on any atom is 0.255 e. The highest BCUT2D eigenvalue weighted by Gasteiger charge is 2.36. The first-order valence-electron chi connectivity index (χ1n) is 12.4. The highest BCUT2D eigenvalue weighted by atomic mass is 16.2. The van der Waals surface area contributed by atoms with Crippen LogP contribution in [0.25, 0.3) is 0 Å². The number of allylic oxidation sites excluding steroid dienone is 2. The van der Waals surface area contributed by atoms with Crippen molar-refractivity contribution in [2.75, 3.05) is 13.1 Å². The van der Waals surface area contributed by atoms with Gasteiger partial charge in [0.05, 0.1) is 17.3 Å². The van der Waals surface area contributed by atoms with Crippen molar-refractivity contribution in [3.63, 3.8) is 0 Å². The van der Waals surface area contributed by atoms with E-state index in [1.54, 1.807) is 0 Å². The number of H-pyrrole nitrogens is 1. The summed E-state index contributed by atoms with van der Waals surface area (Å²) in [5, 5.41) is 0. The van der Waals surface area contributed by atoms with Crippen LogP contribution >= 0.6 is 0 Å². The standard InChI is InChI=1S/C25H36N4O2/c1-17-9-11-19(12-10-17)28-15-13-21-20(16-28)24(30)27-23(26-21)22-8-5-14-29(22)25(31)18-6-3-2-4-7-18/h2-3,17-19,22H,4-16H2,1H3,(H,26,27,30)/t17?,18-,19?,22-/m0/s1. The van der Waals surface area contributed by atoms with Crippen molar-refractivity contribution in [1.29, 1.82) is 0 Å². The number of amides is 1. The maximum absolute atomic E-state index is 13.2. The zero-order valence-corrected chi connectivity index (χ0v) is 18.8. The second-order valence-electron chi connectivity index (χ2n) is 10.2. The third kappa shape index (κ3) is 4.23. The molecule has 0 bridgehead atoms. The average molecular weight is 425 g/mol. The number of hydrogen-bond donors (Lipinski definition) is 1. The SMILES string of the molecule is CC1CCC(N2CCc3nc([C@@H]4CCCN4C(=O)[C@H]4CC=CCC4)[nH]c(=O)c3C2)CC1. The molecule has 2 fully saturated rings. The molecule has 0 radical (unpaired) electrons. The van der Waals surface area contributed by atoms with Gasteiger partial charge in [-0.2, -0.15) is 0 Å². The maximum atomic E-state index is 13.2. The Labute approximate surface area is 185 Å². The Balaban J connectivity index is 1.32. The van der Waals surface area contributed by atoms with Gasteiger partial charge in [0, 0.05) is 38.0 Å². The lowest BCUT2D eigenvalue weighted by Crippen LogP contribution is -2.44. The second-order valence-corrected chi connectivity index (χ2v) is 10.2. The van der Waals surface area contributed by atoms with E-state index in [1.165, 1.54) is 25.7 Å². The minimum Gasteiger partial charge on any atom is -0.332 e. The predicted molar refractivity (Wildman–Crippen MR) is 121 cm³/mol. The average Bonchev–Trinajstić information content (AvgIpc) is 3.29. The van der Waals surface area contributed by atoms with E-state index in [4.69, 9.17) is 4.98 Å². The molecule has 2 atom stereocenters. The number of likely N-dealkylation sites (tertiary alicyclic amines) is 1. The minimum absolute atomic E-state index is 0.00813. The van der Waals surface area contributed by atoms with Crippen LogP contribution < -0.4 is 5.56 Å². The lowest BCUT2D eigenvalue weighted by molar-refractivity contribution is -0.136. The largest absolute Gasteiger partial charge is 0.332 e. The molecule has 1 aromatic rings. The number of nitrogens with zero attached hydrogens (tertiary/aromatic N) is 3. The number of fused-ring (bicyclic) bond motifs is 1. The highest BCUT2D eigenvalue weighted by molar-refractivity contribution is 5.80. The van der Waals surface area contributed by atoms with Crippen LogP contribution in [0.3, 0.4) is 0 Å². The molecule has 0 aromatic carbocycles. The van der Waals surface area contributed by atoms with Crippen LogP contribution in [0.1, 0.15) is 87.8 Å². The molecular weight excluding hydrogens is 388 g/mol. The van der Waals surface area contributed by atoms with Crippen LogP contribution in [0.15, 0.2) is 16.9 Å². The molecule has 1 amide bonds. The third-order valence-corrected chi connectivity index (χ3v) is 8.09. The summed E-state index contributed by atoms with van der Waals surface area (Å²) < 4.78 is 0. The molecule has 2 aliphatic carbocycles. The van der Waals surface area contributed by atoms with Gasteiger partial charge in [0.2, 0.25) is 5.91 Å². The molecule has 1 saturated heterocycles. The summed E-state index contributed by atoms with van der Waals surface area (Å²) in [4.78, 5) is 38.8. The molecule has 6 nitrogen and oxygen atoms in total. The topological polar surface area (TPSA) is 69.3 Å². The van der Waals surface area contributed by atoms with Gasteiger partial charge >= 0.3 is 0 Å². The number of carbonyl (C=O) groups excluding carboxylic acids is 1. The van der Waals surface area contributed by atoms with Crippen molar-refractivity contribution in [1.82, 2.24) is 19.8 Å². The quantitative estimate of drug-likeness (QED) is 0.751. The molecule has 0 spiro atoms. The van der Waals surface area contributed by atoms with Crippen LogP contribution in [0, 0.1) is 11.8 Å². The van der Waals surface area contributed by atoms with Crippen LogP contribution in [0.5, 0.6) is 0 Å². The normalized spacial score (nSPS) is 31.6. The first-order valence-corrected chi connectivity index (χ1v) is 12.4. The van der Waals surface area contributed by atoms with E-state index in [1.807, 2.05) is 4.90 Å². The molecule has 31 heavy (non-hydrogen) atoms. The molecule has 2 aliphatic heterocycles. The van der Waals surface area contributed by atoms with Gasteiger partial charge in [0.1, 0.15) is 5.82 Å². The smallest absolute Gasteiger partial charge is 0.255 e. The van der Waals surface area contributed by atoms with Gasteiger partial charge in [-0.15, -0.1) is 0 Å².